The summed E-state index contributed by atoms with van der Waals surface area (Å²) in [6.45, 7) is 3.90. The Bertz CT molecular complexity index is 2090. The number of aryl methyl sites for hydroxylation is 2. The summed E-state index contributed by atoms with van der Waals surface area (Å²) >= 11 is 0. The summed E-state index contributed by atoms with van der Waals surface area (Å²) in [5.74, 6) is -0.688. The first kappa shape index (κ1) is 50.2. The maximum Gasteiger partial charge on any atom is 2.00 e. The Balaban J connectivity index is 0.000000854. The summed E-state index contributed by atoms with van der Waals surface area (Å²) < 4.78 is 0. The van der Waals surface area contributed by atoms with Crippen LogP contribution in [0.5, 0.6) is 11.5 Å². The molecule has 57 heavy (non-hydrogen) atoms. The molecule has 0 unspecified atom stereocenters. The number of aromatic nitrogens is 2. The molecule has 8 N–H and O–H groups in total. The summed E-state index contributed by atoms with van der Waals surface area (Å²) in [7, 11) is 6.75. The van der Waals surface area contributed by atoms with E-state index in [0.717, 1.165) is 57.1 Å². The fraction of sp³-hybridized carbons (Fsp3) is 0.150. The number of para-hydroxylation sites is 2. The fourth-order valence-electron chi connectivity index (χ4n) is 4.53. The van der Waals surface area contributed by atoms with Gasteiger partial charge in [0.25, 0.3) is 0 Å². The van der Waals surface area contributed by atoms with Crippen molar-refractivity contribution in [1.82, 2.24) is 19.8 Å². The van der Waals surface area contributed by atoms with Crippen LogP contribution in [0.25, 0.3) is 21.8 Å². The van der Waals surface area contributed by atoms with Gasteiger partial charge in [-0.1, -0.05) is 60.7 Å². The minimum atomic E-state index is -0.450. The van der Waals surface area contributed by atoms with E-state index in [1.54, 1.807) is 40.6 Å². The van der Waals surface area contributed by atoms with Crippen molar-refractivity contribution in [3.63, 3.8) is 0 Å². The molecule has 0 radical (unpaired) electrons. The van der Waals surface area contributed by atoms with Crippen molar-refractivity contribution in [2.24, 2.45) is 20.4 Å². The summed E-state index contributed by atoms with van der Waals surface area (Å²) in [5.41, 5.74) is 6.57. The van der Waals surface area contributed by atoms with Crippen LogP contribution in [0.2, 0.25) is 0 Å². The number of nitrogens with zero attached hydrogens (tertiary/aromatic N) is 6. The zero-order chi connectivity index (χ0) is 39.6. The Labute approximate surface area is 339 Å². The Morgan fingerprint density at radius 2 is 0.877 bits per heavy atom. The zero-order valence-electron chi connectivity index (χ0n) is 32.1. The molecule has 0 saturated carbocycles. The summed E-state index contributed by atoms with van der Waals surface area (Å²) in [6.07, 6.45) is 4.65. The summed E-state index contributed by atoms with van der Waals surface area (Å²) in [4.78, 5) is 28.3. The molecular formula is C40H46N8NiO8. The van der Waals surface area contributed by atoms with Crippen LogP contribution in [0.4, 0.5) is 0 Å². The molecule has 2 aromatic heterocycles. The second kappa shape index (κ2) is 25.3. The Morgan fingerprint density at radius 1 is 0.579 bits per heavy atom. The van der Waals surface area contributed by atoms with Gasteiger partial charge in [-0.3, -0.25) is 9.59 Å². The van der Waals surface area contributed by atoms with Gasteiger partial charge in [-0.25, -0.2) is 0 Å². The summed E-state index contributed by atoms with van der Waals surface area (Å²) in [5, 5.41) is 59.3. The second-order valence-electron chi connectivity index (χ2n) is 11.9. The van der Waals surface area contributed by atoms with Crippen LogP contribution in [-0.2, 0) is 26.1 Å². The topological polar surface area (TPSA) is 271 Å². The van der Waals surface area contributed by atoms with Crippen LogP contribution in [0.1, 0.15) is 33.6 Å². The molecule has 0 atom stereocenters. The van der Waals surface area contributed by atoms with Crippen molar-refractivity contribution < 1.29 is 57.5 Å². The second-order valence-corrected chi connectivity index (χ2v) is 11.9. The number of amides is 2. The Hall–Kier alpha value is -6.81. The van der Waals surface area contributed by atoms with E-state index in [9.17, 15) is 30.0 Å². The molecule has 16 nitrogen and oxygen atoms in total. The van der Waals surface area contributed by atoms with Gasteiger partial charge in [0, 0.05) is 84.3 Å². The third kappa shape index (κ3) is 15.8. The molecule has 0 saturated heterocycles. The average molecular weight is 826 g/mol. The van der Waals surface area contributed by atoms with Gasteiger partial charge in [0.05, 0.1) is 12.4 Å². The van der Waals surface area contributed by atoms with Crippen LogP contribution >= 0.6 is 0 Å². The molecule has 0 fully saturated rings. The van der Waals surface area contributed by atoms with E-state index in [1.165, 1.54) is 58.3 Å². The Kier molecular flexibility index (Phi) is 22.3. The van der Waals surface area contributed by atoms with E-state index in [4.69, 9.17) is 0 Å². The number of hydrogen-bond donors (Lipinski definition) is 4. The maximum absolute atomic E-state index is 11.9. The van der Waals surface area contributed by atoms with Gasteiger partial charge in [-0.2, -0.15) is 20.4 Å². The number of carbonyl (C=O) groups is 2. The number of aromatic hydroxyl groups is 2. The molecular weight excluding hydrogens is 779 g/mol. The first-order valence-electron chi connectivity index (χ1n) is 16.4. The number of hydrogen-bond acceptors (Lipinski definition) is 10. The fourth-order valence-corrected chi connectivity index (χ4v) is 4.53. The number of phenolic OH excluding ortho intramolecular Hbond substituents is 2. The van der Waals surface area contributed by atoms with Crippen molar-refractivity contribution in [2.45, 2.75) is 13.8 Å². The first-order valence-corrected chi connectivity index (χ1v) is 16.4. The van der Waals surface area contributed by atoms with Crippen LogP contribution in [0.3, 0.4) is 0 Å². The minimum absolute atomic E-state index is 0. The van der Waals surface area contributed by atoms with E-state index in [1.807, 2.05) is 62.4 Å². The number of carbonyl (C=O) groups excluding carboxylic acids is 2. The van der Waals surface area contributed by atoms with Crippen molar-refractivity contribution in [3.05, 3.63) is 131 Å². The van der Waals surface area contributed by atoms with Crippen molar-refractivity contribution in [1.29, 1.82) is 0 Å². The predicted octanol–water partition coefficient (Wildman–Crippen LogP) is 2.40. The van der Waals surface area contributed by atoms with Crippen LogP contribution in [0, 0.1) is 13.8 Å². The van der Waals surface area contributed by atoms with E-state index < -0.39 is 11.8 Å². The standard InChI is InChI=1S/2C17H15N3O2.2C3H7NO.Ni.2H2O/c2*1-11-15(14-4-2-3-5-16(14)19-11)10-18-20-17(22)12-6-8-13(21)9-7-12;2*1-4(2)3-5;;;/h2*2-10,19,21H,1H3,(H,20,22);2*3H,1-2H3;;2*1H2/q;;;;+2;;/p-2/b2*18-10-;;;;;. The number of H-pyrrole nitrogens is 2. The normalized spacial score (nSPS) is 10.7. The van der Waals surface area contributed by atoms with Gasteiger partial charge in [0.15, 0.2) is 0 Å². The smallest absolute Gasteiger partial charge is 0.857 e. The van der Waals surface area contributed by atoms with Crippen molar-refractivity contribution >= 4 is 58.9 Å². The molecule has 4 aromatic carbocycles. The number of phenols is 2. The van der Waals surface area contributed by atoms with Gasteiger partial charge in [-0.05, 0) is 61.4 Å². The molecule has 2 heterocycles. The molecule has 0 aliphatic carbocycles. The average Bonchev–Trinajstić information content (AvgIpc) is 3.66. The molecule has 0 aliphatic heterocycles. The third-order valence-electron chi connectivity index (χ3n) is 7.21. The largest absolute Gasteiger partial charge is 2.00 e. The third-order valence-corrected chi connectivity index (χ3v) is 7.21. The predicted molar refractivity (Wildman–Crippen MR) is 217 cm³/mol. The van der Waals surface area contributed by atoms with Crippen molar-refractivity contribution in [2.75, 3.05) is 28.2 Å². The van der Waals surface area contributed by atoms with E-state index in [0.29, 0.717) is 11.1 Å². The number of nitrogens with one attached hydrogen (secondary N) is 2. The number of aromatic amines is 2. The van der Waals surface area contributed by atoms with Gasteiger partial charge in [0.2, 0.25) is 12.8 Å². The quantitative estimate of drug-likeness (QED) is 0.0588. The van der Waals surface area contributed by atoms with Crippen LogP contribution < -0.4 is 10.2 Å². The SMILES string of the molecule is CN(C)C=O.CN(C)C=O.Cc1[nH]c2ccccc2c1/C=N\N=C(/[O-])c1ccc(O)cc1.Cc1[nH]c2ccccc2c1/C=N\N=C(/[O-])c1ccc(O)cc1.O.O.[Ni+2]. The van der Waals surface area contributed by atoms with Gasteiger partial charge in [0.1, 0.15) is 11.5 Å². The molecule has 6 aromatic rings. The summed E-state index contributed by atoms with van der Waals surface area (Å²) in [6, 6.07) is 27.6. The number of rotatable bonds is 8. The minimum Gasteiger partial charge on any atom is -0.857 e. The molecule has 0 spiro atoms. The molecule has 17 heteroatoms. The molecule has 0 bridgehead atoms. The molecule has 6 rings (SSSR count). The molecule has 0 aliphatic rings. The van der Waals surface area contributed by atoms with E-state index in [-0.39, 0.29) is 38.9 Å². The van der Waals surface area contributed by atoms with E-state index in [2.05, 4.69) is 30.4 Å². The van der Waals surface area contributed by atoms with Gasteiger partial charge in [-0.15, -0.1) is 0 Å². The van der Waals surface area contributed by atoms with Crippen LogP contribution in [-0.4, -0.2) is 106 Å². The monoisotopic (exact) mass is 824 g/mol. The van der Waals surface area contributed by atoms with Gasteiger partial charge >= 0.3 is 16.5 Å². The number of benzene rings is 4. The van der Waals surface area contributed by atoms with Crippen molar-refractivity contribution in [3.8, 4) is 11.5 Å². The Morgan fingerprint density at radius 3 is 1.18 bits per heavy atom. The van der Waals surface area contributed by atoms with E-state index >= 15 is 0 Å². The molecule has 304 valence electrons. The first-order chi connectivity index (χ1) is 25.8. The van der Waals surface area contributed by atoms with Crippen LogP contribution in [0.15, 0.2) is 117 Å². The number of fused-ring (bicyclic) bond motifs is 2. The zero-order valence-corrected chi connectivity index (χ0v) is 33.1. The maximum atomic E-state index is 11.9. The molecule has 2 amide bonds. The van der Waals surface area contributed by atoms with Gasteiger partial charge < -0.3 is 51.1 Å².